The second kappa shape index (κ2) is 8.09. The Morgan fingerprint density at radius 2 is 1.00 bits per heavy atom. The van der Waals surface area contributed by atoms with E-state index in [9.17, 15) is 0 Å². The summed E-state index contributed by atoms with van der Waals surface area (Å²) >= 11 is 0. The van der Waals surface area contributed by atoms with E-state index in [1.807, 2.05) is 0 Å². The van der Waals surface area contributed by atoms with Gasteiger partial charge in [-0.05, 0) is 0 Å². The van der Waals surface area contributed by atoms with Gasteiger partial charge >= 0.3 is 0 Å². The molecule has 12 heavy (non-hydrogen) atoms. The molecular weight excluding hydrogens is 190 g/mol. The summed E-state index contributed by atoms with van der Waals surface area (Å²) in [5.41, 5.74) is 5.10. The molecule has 2 rings (SSSR count). The largest absolute Gasteiger partial charge is 0.322 e. The molecule has 0 aromatic rings. The van der Waals surface area contributed by atoms with Gasteiger partial charge in [0.05, 0.1) is 6.04 Å². The maximum absolute atomic E-state index is 5.10. The predicted molar refractivity (Wildman–Crippen MR) is 36.6 cm³/mol. The van der Waals surface area contributed by atoms with Crippen LogP contribution in [0.15, 0.2) is 0 Å². The summed E-state index contributed by atoms with van der Waals surface area (Å²) in [5, 5.41) is 0. The van der Waals surface area contributed by atoms with Crippen LogP contribution in [-0.4, -0.2) is 0 Å². The van der Waals surface area contributed by atoms with Crippen LogP contribution in [0.5, 0.6) is 0 Å². The molecule has 55 valence electrons. The van der Waals surface area contributed by atoms with E-state index in [2.05, 4.69) is 57.8 Å². The third-order valence-corrected chi connectivity index (χ3v) is 0.769. The second-order valence-electron chi connectivity index (χ2n) is 1.54. The summed E-state index contributed by atoms with van der Waals surface area (Å²) in [5.74, 6) is 0. The van der Waals surface area contributed by atoms with E-state index in [4.69, 9.17) is 5.73 Å². The summed E-state index contributed by atoms with van der Waals surface area (Å²) in [7, 11) is 0. The Labute approximate surface area is 87.0 Å². The molecule has 0 heterocycles. The molecule has 2 saturated carbocycles. The zero-order chi connectivity index (χ0) is 7.94. The van der Waals surface area contributed by atoms with Crippen LogP contribution in [0.2, 0.25) is 0 Å². The Balaban J connectivity index is 0.000000189. The van der Waals surface area contributed by atoms with Gasteiger partial charge in [0.15, 0.2) is 0 Å². The van der Waals surface area contributed by atoms with Crippen molar-refractivity contribution in [2.75, 3.05) is 0 Å². The fourth-order valence-electron chi connectivity index (χ4n) is 0.385. The van der Waals surface area contributed by atoms with Gasteiger partial charge in [0.2, 0.25) is 0 Å². The standard InChI is InChI=1S/C5H2N.C5.Fe/c6-5-3-1-2-4-5;1-2-4-5-3-1;/h6H2;;. The van der Waals surface area contributed by atoms with Crippen LogP contribution in [-0.2, 0) is 17.1 Å². The number of nitrogens with two attached hydrogens (primary N) is 1. The third kappa shape index (κ3) is 6.05. The van der Waals surface area contributed by atoms with Crippen molar-refractivity contribution in [2.24, 2.45) is 5.73 Å². The Morgan fingerprint density at radius 1 is 0.667 bits per heavy atom. The van der Waals surface area contributed by atoms with Gasteiger partial charge in [-0.3, -0.25) is 0 Å². The van der Waals surface area contributed by atoms with Crippen LogP contribution in [0, 0.1) is 63.8 Å². The van der Waals surface area contributed by atoms with Gasteiger partial charge in [-0.15, -0.1) is 0 Å². The molecule has 0 unspecified atom stereocenters. The van der Waals surface area contributed by atoms with Gasteiger partial charge in [0.1, 0.15) is 0 Å². The monoisotopic (exact) mass is 192 g/mol. The molecule has 2 aliphatic carbocycles. The van der Waals surface area contributed by atoms with Crippen molar-refractivity contribution in [1.29, 1.82) is 0 Å². The average Bonchev–Trinajstić information content (AvgIpc) is 2.57. The molecule has 0 amide bonds. The topological polar surface area (TPSA) is 26.0 Å². The molecule has 0 spiro atoms. The van der Waals surface area contributed by atoms with Crippen LogP contribution in [0.1, 0.15) is 0 Å². The number of rotatable bonds is 0. The Morgan fingerprint density at radius 3 is 1.17 bits per heavy atom. The normalized spacial score (nSPS) is 22.8. The summed E-state index contributed by atoms with van der Waals surface area (Å²) in [6, 6.07) is 0.481. The van der Waals surface area contributed by atoms with Gasteiger partial charge in [0.25, 0.3) is 0 Å². The van der Waals surface area contributed by atoms with Crippen molar-refractivity contribution in [3.05, 3.63) is 63.8 Å². The van der Waals surface area contributed by atoms with Crippen LogP contribution in [0.3, 0.4) is 0 Å². The van der Waals surface area contributed by atoms with E-state index < -0.39 is 0 Å². The molecule has 1 nitrogen and oxygen atoms in total. The minimum absolute atomic E-state index is 0. The van der Waals surface area contributed by atoms with Gasteiger partial charge in [-0.25, -0.2) is 0 Å². The predicted octanol–water partition coefficient (Wildman–Crippen LogP) is 0.220. The van der Waals surface area contributed by atoms with Crippen molar-refractivity contribution >= 4 is 0 Å². The second-order valence-corrected chi connectivity index (χ2v) is 1.54. The first-order chi connectivity index (χ1) is 5.39. The van der Waals surface area contributed by atoms with Crippen molar-refractivity contribution < 1.29 is 17.1 Å². The van der Waals surface area contributed by atoms with Gasteiger partial charge in [-0.2, -0.15) is 0 Å². The molecule has 0 aromatic carbocycles. The molecule has 2 heteroatoms. The Hall–Kier alpha value is 0.479. The van der Waals surface area contributed by atoms with Crippen molar-refractivity contribution in [1.82, 2.24) is 0 Å². The number of hydrogen-bond donors (Lipinski definition) is 1. The minimum Gasteiger partial charge on any atom is -0.322 e. The summed E-state index contributed by atoms with van der Waals surface area (Å²) in [4.78, 5) is 0. The van der Waals surface area contributed by atoms with Crippen LogP contribution >= 0.6 is 0 Å². The minimum atomic E-state index is 0. The first-order valence-corrected chi connectivity index (χ1v) is 2.79. The molecule has 2 aliphatic rings. The molecule has 0 saturated heterocycles. The molecule has 0 aliphatic heterocycles. The van der Waals surface area contributed by atoms with E-state index in [1.165, 1.54) is 0 Å². The van der Waals surface area contributed by atoms with Crippen LogP contribution < -0.4 is 5.73 Å². The fourth-order valence-corrected chi connectivity index (χ4v) is 0.385. The molecule has 0 aromatic heterocycles. The van der Waals surface area contributed by atoms with E-state index >= 15 is 0 Å². The summed E-state index contributed by atoms with van der Waals surface area (Å²) in [6.07, 6.45) is 22.6. The van der Waals surface area contributed by atoms with Gasteiger partial charge in [0, 0.05) is 74.9 Å². The van der Waals surface area contributed by atoms with Crippen molar-refractivity contribution in [3.63, 3.8) is 0 Å². The SMILES string of the molecule is N[C]1[C][C][C][C]1.[C]1[C][C][C][C]1.[Fe]. The number of hydrogen-bond acceptors (Lipinski definition) is 1. The molecule has 0 atom stereocenters. The summed E-state index contributed by atoms with van der Waals surface area (Å²) in [6.45, 7) is 0. The van der Waals surface area contributed by atoms with Gasteiger partial charge in [-0.1, -0.05) is 0 Å². The Kier molecular flexibility index (Phi) is 8.42. The molecular formula is C10H2FeN. The summed E-state index contributed by atoms with van der Waals surface area (Å²) < 4.78 is 0. The van der Waals surface area contributed by atoms with E-state index in [-0.39, 0.29) is 17.1 Å². The van der Waals surface area contributed by atoms with Crippen molar-refractivity contribution in [2.45, 2.75) is 0 Å². The first kappa shape index (κ1) is 12.5. The molecule has 2 fully saturated rings. The molecule has 0 bridgehead atoms. The van der Waals surface area contributed by atoms with E-state index in [0.717, 1.165) is 0 Å². The zero-order valence-corrected chi connectivity index (χ0v) is 7.04. The zero-order valence-electron chi connectivity index (χ0n) is 5.93. The first-order valence-electron chi connectivity index (χ1n) is 2.79. The van der Waals surface area contributed by atoms with E-state index in [1.54, 1.807) is 0 Å². The van der Waals surface area contributed by atoms with Crippen molar-refractivity contribution in [3.8, 4) is 0 Å². The Bertz CT molecular complexity index is 78.2. The third-order valence-electron chi connectivity index (χ3n) is 0.769. The van der Waals surface area contributed by atoms with Crippen LogP contribution in [0.4, 0.5) is 0 Å². The smallest absolute Gasteiger partial charge is 0.0501 e. The molecule has 19 radical (unpaired) electrons. The average molecular weight is 192 g/mol. The quantitative estimate of drug-likeness (QED) is 0.546. The maximum atomic E-state index is 5.10. The maximum Gasteiger partial charge on any atom is 0.0501 e. The molecule has 2 N–H and O–H groups in total. The van der Waals surface area contributed by atoms with E-state index in [0.29, 0.717) is 6.04 Å². The van der Waals surface area contributed by atoms with Gasteiger partial charge < -0.3 is 5.73 Å². The fraction of sp³-hybridized carbons (Fsp3) is 0. The van der Waals surface area contributed by atoms with Crippen LogP contribution in [0.25, 0.3) is 0 Å².